The van der Waals surface area contributed by atoms with Crippen LogP contribution >= 0.6 is 0 Å². The van der Waals surface area contributed by atoms with E-state index < -0.39 is 76.9 Å². The van der Waals surface area contributed by atoms with E-state index >= 15 is 0 Å². The zero-order valence-electron chi connectivity index (χ0n) is 44.4. The first-order valence-corrected chi connectivity index (χ1v) is 25.8. The molecule has 2 aliphatic heterocycles. The Kier molecular flexibility index (Phi) is 23.8. The molecule has 15 nitrogen and oxygen atoms in total. The van der Waals surface area contributed by atoms with Gasteiger partial charge in [-0.15, -0.1) is 0 Å². The highest BCUT2D eigenvalue weighted by molar-refractivity contribution is 6.36. The number of halogens is 2. The average molecular weight is 1020 g/mol. The molecule has 0 saturated carbocycles. The second-order valence-electron chi connectivity index (χ2n) is 21.9. The van der Waals surface area contributed by atoms with Crippen LogP contribution in [0.3, 0.4) is 0 Å². The number of benzene rings is 2. The minimum absolute atomic E-state index is 0. The normalized spacial score (nSPS) is 17.4. The van der Waals surface area contributed by atoms with Crippen LogP contribution in [0.25, 0.3) is 0 Å². The van der Waals surface area contributed by atoms with E-state index in [0.29, 0.717) is 58.0 Å². The second kappa shape index (κ2) is 28.2. The average Bonchev–Trinajstić information content (AvgIpc) is 4.02. The van der Waals surface area contributed by atoms with Crippen LogP contribution in [-0.2, 0) is 51.2 Å². The molecule has 2 aliphatic rings. The lowest BCUT2D eigenvalue weighted by Gasteiger charge is -2.37. The molecule has 406 valence electrons. The van der Waals surface area contributed by atoms with Gasteiger partial charge in [0.15, 0.2) is 0 Å². The van der Waals surface area contributed by atoms with Crippen molar-refractivity contribution in [1.82, 2.24) is 35.6 Å². The molecule has 6 atom stereocenters. The van der Waals surface area contributed by atoms with Gasteiger partial charge in [0.2, 0.25) is 35.3 Å². The molecule has 4 rings (SSSR count). The molecule has 17 heteroatoms. The number of likely N-dealkylation sites (N-methyl/N-ethyl adjacent to an activating group) is 1. The van der Waals surface area contributed by atoms with Crippen LogP contribution in [0.2, 0.25) is 0 Å². The fraction of sp³-hybridized carbons (Fsp3) is 0.643. The third-order valence-corrected chi connectivity index (χ3v) is 14.4. The van der Waals surface area contributed by atoms with E-state index in [1.54, 1.807) is 52.9 Å². The van der Waals surface area contributed by atoms with Crippen molar-refractivity contribution in [2.45, 2.75) is 158 Å². The molecule has 0 radical (unpaired) electrons. The summed E-state index contributed by atoms with van der Waals surface area (Å²) in [5.74, 6) is -5.28. The van der Waals surface area contributed by atoms with Gasteiger partial charge in [-0.2, -0.15) is 0 Å². The molecule has 73 heavy (non-hydrogen) atoms. The number of carbonyl (C=O) groups is 8. The number of nitrogens with zero attached hydrogens (tertiary/aromatic N) is 4. The van der Waals surface area contributed by atoms with E-state index in [2.05, 4.69) is 16.0 Å². The van der Waals surface area contributed by atoms with Crippen molar-refractivity contribution in [3.05, 3.63) is 71.3 Å². The molecule has 2 heterocycles. The van der Waals surface area contributed by atoms with Gasteiger partial charge >= 0.3 is 0 Å². The number of amides is 6. The Bertz CT molecular complexity index is 2040. The Morgan fingerprint density at radius 1 is 0.699 bits per heavy atom. The van der Waals surface area contributed by atoms with E-state index in [0.717, 1.165) is 11.1 Å². The van der Waals surface area contributed by atoms with Crippen LogP contribution in [0.1, 0.15) is 132 Å². The molecular formula is C56H85F2N7O8. The maximum absolute atomic E-state index is 14.3. The van der Waals surface area contributed by atoms with E-state index in [1.807, 2.05) is 55.4 Å². The van der Waals surface area contributed by atoms with Gasteiger partial charge in [-0.1, -0.05) is 87.1 Å². The summed E-state index contributed by atoms with van der Waals surface area (Å²) in [6.45, 7) is 17.9. The first-order valence-electron chi connectivity index (χ1n) is 25.8. The number of hydrogen-bond donors (Lipinski definition) is 3. The summed E-state index contributed by atoms with van der Waals surface area (Å²) in [5, 5.41) is 8.38. The molecule has 6 amide bonds. The van der Waals surface area contributed by atoms with Crippen LogP contribution in [0.4, 0.5) is 8.78 Å². The van der Waals surface area contributed by atoms with E-state index in [1.165, 1.54) is 29.2 Å². The number of carbonyl (C=O) groups excluding carboxylic acids is 8. The van der Waals surface area contributed by atoms with Crippen molar-refractivity contribution in [3.8, 4) is 0 Å². The first-order chi connectivity index (χ1) is 33.8. The van der Waals surface area contributed by atoms with Gasteiger partial charge in [0.05, 0.1) is 12.6 Å². The highest BCUT2D eigenvalue weighted by atomic mass is 19.1. The van der Waals surface area contributed by atoms with E-state index in [9.17, 15) is 47.1 Å². The van der Waals surface area contributed by atoms with Gasteiger partial charge in [0, 0.05) is 82.5 Å². The number of Topliss-reactive ketones (excluding diaryl/α,β-unsaturated/α-hetero) is 2. The Hall–Kier alpha value is -5.58. The number of nitrogens with one attached hydrogen (secondary N) is 3. The van der Waals surface area contributed by atoms with Crippen molar-refractivity contribution in [2.75, 3.05) is 52.9 Å². The van der Waals surface area contributed by atoms with Gasteiger partial charge in [-0.25, -0.2) is 8.78 Å². The van der Waals surface area contributed by atoms with Crippen LogP contribution < -0.4 is 16.0 Å². The zero-order valence-corrected chi connectivity index (χ0v) is 44.4. The third-order valence-electron chi connectivity index (χ3n) is 14.4. The van der Waals surface area contributed by atoms with Gasteiger partial charge in [-0.3, -0.25) is 38.4 Å². The first kappa shape index (κ1) is 61.7. The predicted octanol–water partition coefficient (Wildman–Crippen LogP) is 6.30. The topological polar surface area (TPSA) is 186 Å². The Morgan fingerprint density at radius 3 is 1.63 bits per heavy atom. The maximum atomic E-state index is 14.3. The molecule has 0 aliphatic carbocycles. The molecule has 2 saturated heterocycles. The summed E-state index contributed by atoms with van der Waals surface area (Å²) >= 11 is 0. The highest BCUT2D eigenvalue weighted by Crippen LogP contribution is 2.34. The van der Waals surface area contributed by atoms with E-state index in [-0.39, 0.29) is 88.0 Å². The summed E-state index contributed by atoms with van der Waals surface area (Å²) in [4.78, 5) is 116. The summed E-state index contributed by atoms with van der Waals surface area (Å²) in [6, 6.07) is 9.80. The molecule has 2 aromatic carbocycles. The van der Waals surface area contributed by atoms with Crippen molar-refractivity contribution < 1.29 is 47.1 Å². The number of likely N-dealkylation sites (tertiary alicyclic amines) is 2. The number of hydrogen-bond acceptors (Lipinski definition) is 9. The third kappa shape index (κ3) is 18.4. The van der Waals surface area contributed by atoms with Gasteiger partial charge < -0.3 is 35.6 Å². The Balaban J connectivity index is 0.0000141. The van der Waals surface area contributed by atoms with E-state index in [4.69, 9.17) is 0 Å². The lowest BCUT2D eigenvalue weighted by Crippen LogP contribution is -2.57. The van der Waals surface area contributed by atoms with Crippen molar-refractivity contribution in [3.63, 3.8) is 0 Å². The van der Waals surface area contributed by atoms with Crippen LogP contribution in [0, 0.1) is 34.3 Å². The quantitative estimate of drug-likeness (QED) is 0.0962. The summed E-state index contributed by atoms with van der Waals surface area (Å²) in [7, 11) is 1.69. The van der Waals surface area contributed by atoms with Crippen molar-refractivity contribution in [2.24, 2.45) is 22.7 Å². The van der Waals surface area contributed by atoms with Gasteiger partial charge in [0.1, 0.15) is 23.5 Å². The Morgan fingerprint density at radius 2 is 1.18 bits per heavy atom. The van der Waals surface area contributed by atoms with Crippen molar-refractivity contribution >= 4 is 47.0 Å². The van der Waals surface area contributed by atoms with Crippen LogP contribution in [-0.4, -0.2) is 144 Å². The predicted molar refractivity (Wildman–Crippen MR) is 279 cm³/mol. The molecule has 0 aromatic heterocycles. The smallest absolute Gasteiger partial charge is 0.287 e. The molecular weight excluding hydrogens is 937 g/mol. The highest BCUT2D eigenvalue weighted by Gasteiger charge is 2.42. The zero-order chi connectivity index (χ0) is 53.5. The largest absolute Gasteiger partial charge is 0.344 e. The fourth-order valence-corrected chi connectivity index (χ4v) is 9.25. The summed E-state index contributed by atoms with van der Waals surface area (Å²) in [5.41, 5.74) is 0.396. The van der Waals surface area contributed by atoms with Crippen LogP contribution in [0.5, 0.6) is 0 Å². The second-order valence-corrected chi connectivity index (χ2v) is 21.9. The van der Waals surface area contributed by atoms with Gasteiger partial charge in [0.25, 0.3) is 5.91 Å². The monoisotopic (exact) mass is 1020 g/mol. The molecule has 0 bridgehead atoms. The van der Waals surface area contributed by atoms with Crippen molar-refractivity contribution in [1.29, 1.82) is 0 Å². The lowest BCUT2D eigenvalue weighted by atomic mass is 9.76. The minimum Gasteiger partial charge on any atom is -0.344 e. The maximum Gasteiger partial charge on any atom is 0.287 e. The number of ketones is 2. The standard InChI is InChI=1S/C55H81F2N7O8.CH4/c1-11-36(2)50(69)60-49(55(7,8)9)53(72)64-29-13-15-43(64)34-61(30-26-38-16-20-40(56)21-17-38)47(67)25-24-45(65)51(70)59-33-48(68)62(31-27-39-18-22-41(57)23-19-39)35-42-14-12-28-63(42)52(71)44(54(4,5)6)32-46(66)37(3)58-10;/h16-23,36-37,42-44,49,58H,11-15,24-35H2,1-10H3,(H,59,70)(H,60,69);1H4/t36-,37+,42+,43+,44-,49-;/m1./s1. The lowest BCUT2D eigenvalue weighted by molar-refractivity contribution is -0.144. The minimum atomic E-state index is -1.04. The fourth-order valence-electron chi connectivity index (χ4n) is 9.25. The number of rotatable bonds is 25. The molecule has 3 N–H and O–H groups in total. The van der Waals surface area contributed by atoms with Gasteiger partial charge in [-0.05, 0) is 105 Å². The summed E-state index contributed by atoms with van der Waals surface area (Å²) < 4.78 is 27.6. The Labute approximate surface area is 433 Å². The SMILES string of the molecule is C.CC[C@@H](C)C(=O)N[C@H](C(=O)N1CCC[C@H]1CN(CCc1ccc(F)cc1)C(=O)CCC(=O)C(=O)NCC(=O)N(CCc1ccc(F)cc1)C[C@@H]1CCCN1C(=O)[C@@H](CC(=O)[C@H](C)NC)C(C)(C)C)C(C)(C)C. The van der Waals surface area contributed by atoms with Crippen LogP contribution in [0.15, 0.2) is 48.5 Å². The molecule has 0 unspecified atom stereocenters. The summed E-state index contributed by atoms with van der Waals surface area (Å²) in [6.07, 6.45) is 3.16. The molecule has 2 aromatic rings. The molecule has 0 spiro atoms. The molecule has 2 fully saturated rings.